The lowest BCUT2D eigenvalue weighted by Crippen LogP contribution is -2.45. The number of halogens is 1. The molecule has 2 aromatic carbocycles. The van der Waals surface area contributed by atoms with Gasteiger partial charge in [0.25, 0.3) is 0 Å². The molecule has 4 aromatic rings. The van der Waals surface area contributed by atoms with Gasteiger partial charge in [-0.3, -0.25) is 4.79 Å². The smallest absolute Gasteiger partial charge is 0.224 e. The maximum Gasteiger partial charge on any atom is 0.224 e. The van der Waals surface area contributed by atoms with Gasteiger partial charge in [0.1, 0.15) is 11.6 Å². The number of anilines is 1. The van der Waals surface area contributed by atoms with Crippen LogP contribution in [0.1, 0.15) is 18.4 Å². The molecule has 1 N–H and O–H groups in total. The molecule has 0 radical (unpaired) electrons. The van der Waals surface area contributed by atoms with E-state index in [4.69, 9.17) is 5.10 Å². The number of fused-ring (bicyclic) bond motifs is 1. The molecule has 1 saturated heterocycles. The van der Waals surface area contributed by atoms with Crippen LogP contribution in [0, 0.1) is 5.82 Å². The molecule has 7 nitrogen and oxygen atoms in total. The molecule has 2 aromatic heterocycles. The zero-order valence-corrected chi connectivity index (χ0v) is 17.5. The maximum atomic E-state index is 13.0. The Labute approximate surface area is 184 Å². The Balaban J connectivity index is 1.22. The molecule has 0 spiro atoms. The molecule has 1 aliphatic heterocycles. The zero-order valence-electron chi connectivity index (χ0n) is 17.5. The molecular weight excluding hydrogens is 407 g/mol. The van der Waals surface area contributed by atoms with Crippen LogP contribution in [-0.4, -0.2) is 44.8 Å². The van der Waals surface area contributed by atoms with E-state index in [0.29, 0.717) is 11.5 Å². The normalized spacial score (nSPS) is 14.6. The standard InChI is InChI=1S/C24H23FN6O/c25-19-8-6-17(7-9-19)16-23(32)26-20-12-14-30(15-13-20)22-11-10-21-27-28-24(31(21)29-22)18-4-2-1-3-5-18/h1-11,20H,12-16H2,(H,26,32). The zero-order chi connectivity index (χ0) is 21.9. The summed E-state index contributed by atoms with van der Waals surface area (Å²) in [6, 6.07) is 20.0. The van der Waals surface area contributed by atoms with Gasteiger partial charge in [0.2, 0.25) is 5.91 Å². The first kappa shape index (κ1) is 20.1. The molecule has 0 aliphatic carbocycles. The Kier molecular flexibility index (Phi) is 5.49. The highest BCUT2D eigenvalue weighted by atomic mass is 19.1. The van der Waals surface area contributed by atoms with Crippen molar-refractivity contribution < 1.29 is 9.18 Å². The van der Waals surface area contributed by atoms with Crippen molar-refractivity contribution in [2.24, 2.45) is 0 Å². The Morgan fingerprint density at radius 3 is 2.47 bits per heavy atom. The molecule has 5 rings (SSSR count). The third kappa shape index (κ3) is 4.30. The Bertz CT molecular complexity index is 1220. The van der Waals surface area contributed by atoms with Crippen molar-refractivity contribution >= 4 is 17.4 Å². The van der Waals surface area contributed by atoms with Crippen molar-refractivity contribution in [2.45, 2.75) is 25.3 Å². The van der Waals surface area contributed by atoms with Crippen molar-refractivity contribution in [1.29, 1.82) is 0 Å². The third-order valence-electron chi connectivity index (χ3n) is 5.74. The first-order valence-corrected chi connectivity index (χ1v) is 10.7. The number of aromatic nitrogens is 4. The number of nitrogens with zero attached hydrogens (tertiary/aromatic N) is 5. The number of rotatable bonds is 5. The summed E-state index contributed by atoms with van der Waals surface area (Å²) in [5.41, 5.74) is 2.48. The first-order valence-electron chi connectivity index (χ1n) is 10.7. The van der Waals surface area contributed by atoms with E-state index in [1.165, 1.54) is 12.1 Å². The number of benzene rings is 2. The van der Waals surface area contributed by atoms with Crippen LogP contribution in [0.15, 0.2) is 66.7 Å². The second-order valence-corrected chi connectivity index (χ2v) is 7.98. The highest BCUT2D eigenvalue weighted by molar-refractivity contribution is 5.78. The van der Waals surface area contributed by atoms with Crippen LogP contribution in [0.2, 0.25) is 0 Å². The third-order valence-corrected chi connectivity index (χ3v) is 5.74. The predicted molar refractivity (Wildman–Crippen MR) is 120 cm³/mol. The van der Waals surface area contributed by atoms with E-state index < -0.39 is 0 Å². The Hall–Kier alpha value is -3.81. The van der Waals surface area contributed by atoms with Crippen LogP contribution in [0.4, 0.5) is 10.2 Å². The molecule has 1 aliphatic rings. The predicted octanol–water partition coefficient (Wildman–Crippen LogP) is 3.26. The minimum absolute atomic E-state index is 0.0356. The number of hydrogen-bond acceptors (Lipinski definition) is 5. The summed E-state index contributed by atoms with van der Waals surface area (Å²) in [6.07, 6.45) is 1.93. The van der Waals surface area contributed by atoms with Crippen molar-refractivity contribution in [3.05, 3.63) is 78.1 Å². The van der Waals surface area contributed by atoms with E-state index >= 15 is 0 Å². The minimum Gasteiger partial charge on any atom is -0.355 e. The molecule has 1 fully saturated rings. The fourth-order valence-corrected chi connectivity index (χ4v) is 4.03. The van der Waals surface area contributed by atoms with Crippen LogP contribution < -0.4 is 10.2 Å². The van der Waals surface area contributed by atoms with Crippen molar-refractivity contribution in [3.8, 4) is 11.4 Å². The van der Waals surface area contributed by atoms with E-state index in [1.54, 1.807) is 16.6 Å². The quantitative estimate of drug-likeness (QED) is 0.526. The number of carbonyl (C=O) groups excluding carboxylic acids is 1. The van der Waals surface area contributed by atoms with Gasteiger partial charge in [0.05, 0.1) is 6.42 Å². The van der Waals surface area contributed by atoms with Crippen molar-refractivity contribution in [3.63, 3.8) is 0 Å². The topological polar surface area (TPSA) is 75.4 Å². The van der Waals surface area contributed by atoms with Gasteiger partial charge < -0.3 is 10.2 Å². The SMILES string of the molecule is O=C(Cc1ccc(F)cc1)NC1CCN(c2ccc3nnc(-c4ccccc4)n3n2)CC1. The summed E-state index contributed by atoms with van der Waals surface area (Å²) < 4.78 is 14.8. The molecule has 162 valence electrons. The number of carbonyl (C=O) groups is 1. The van der Waals surface area contributed by atoms with Crippen molar-refractivity contribution in [2.75, 3.05) is 18.0 Å². The second-order valence-electron chi connectivity index (χ2n) is 7.98. The highest BCUT2D eigenvalue weighted by Gasteiger charge is 2.22. The van der Waals surface area contributed by atoms with E-state index in [1.807, 2.05) is 42.5 Å². The van der Waals surface area contributed by atoms with Crippen LogP contribution in [0.5, 0.6) is 0 Å². The van der Waals surface area contributed by atoms with Gasteiger partial charge in [0.15, 0.2) is 11.5 Å². The molecule has 1 amide bonds. The van der Waals surface area contributed by atoms with Gasteiger partial charge in [-0.1, -0.05) is 42.5 Å². The van der Waals surface area contributed by atoms with Gasteiger partial charge in [-0.15, -0.1) is 15.3 Å². The fraction of sp³-hybridized carbons (Fsp3) is 0.250. The Morgan fingerprint density at radius 2 is 1.72 bits per heavy atom. The molecule has 0 atom stereocenters. The number of hydrogen-bond donors (Lipinski definition) is 1. The maximum absolute atomic E-state index is 13.0. The summed E-state index contributed by atoms with van der Waals surface area (Å²) in [7, 11) is 0. The monoisotopic (exact) mass is 430 g/mol. The fourth-order valence-electron chi connectivity index (χ4n) is 4.03. The van der Waals surface area contributed by atoms with Crippen LogP contribution >= 0.6 is 0 Å². The van der Waals surface area contributed by atoms with Gasteiger partial charge in [0, 0.05) is 24.7 Å². The summed E-state index contributed by atoms with van der Waals surface area (Å²) in [5, 5.41) is 16.4. The minimum atomic E-state index is -0.296. The largest absolute Gasteiger partial charge is 0.355 e. The summed E-state index contributed by atoms with van der Waals surface area (Å²) in [6.45, 7) is 1.59. The lowest BCUT2D eigenvalue weighted by Gasteiger charge is -2.33. The average molecular weight is 430 g/mol. The van der Waals surface area contributed by atoms with E-state index in [0.717, 1.165) is 42.9 Å². The number of amides is 1. The van der Waals surface area contributed by atoms with E-state index in [2.05, 4.69) is 20.4 Å². The lowest BCUT2D eigenvalue weighted by molar-refractivity contribution is -0.121. The van der Waals surface area contributed by atoms with E-state index in [9.17, 15) is 9.18 Å². The molecule has 0 saturated carbocycles. The van der Waals surface area contributed by atoms with Gasteiger partial charge in [-0.25, -0.2) is 4.39 Å². The van der Waals surface area contributed by atoms with Gasteiger partial charge in [-0.2, -0.15) is 4.52 Å². The number of piperidine rings is 1. The van der Waals surface area contributed by atoms with Crippen LogP contribution in [0.3, 0.4) is 0 Å². The highest BCUT2D eigenvalue weighted by Crippen LogP contribution is 2.22. The second kappa shape index (κ2) is 8.74. The van der Waals surface area contributed by atoms with Gasteiger partial charge in [-0.05, 0) is 42.7 Å². The molecule has 8 heteroatoms. The molecule has 32 heavy (non-hydrogen) atoms. The molecular formula is C24H23FN6O. The summed E-state index contributed by atoms with van der Waals surface area (Å²) in [4.78, 5) is 14.6. The molecule has 0 bridgehead atoms. The van der Waals surface area contributed by atoms with E-state index in [-0.39, 0.29) is 24.2 Å². The summed E-state index contributed by atoms with van der Waals surface area (Å²) >= 11 is 0. The Morgan fingerprint density at radius 1 is 0.969 bits per heavy atom. The molecule has 0 unspecified atom stereocenters. The average Bonchev–Trinajstić information content (AvgIpc) is 3.25. The summed E-state index contributed by atoms with van der Waals surface area (Å²) in [5.74, 6) is 1.25. The van der Waals surface area contributed by atoms with Crippen molar-refractivity contribution in [1.82, 2.24) is 25.1 Å². The number of nitrogens with one attached hydrogen (secondary N) is 1. The molecule has 3 heterocycles. The first-order chi connectivity index (χ1) is 15.7. The van der Waals surface area contributed by atoms with Gasteiger partial charge >= 0.3 is 0 Å². The lowest BCUT2D eigenvalue weighted by atomic mass is 10.0. The van der Waals surface area contributed by atoms with Crippen LogP contribution in [-0.2, 0) is 11.2 Å². The van der Waals surface area contributed by atoms with Crippen LogP contribution in [0.25, 0.3) is 17.0 Å².